The van der Waals surface area contributed by atoms with E-state index in [2.05, 4.69) is 24.5 Å². The fourth-order valence-corrected chi connectivity index (χ4v) is 2.21. The molecular weight excluding hydrogens is 335 g/mol. The first kappa shape index (κ1) is 19.4. The van der Waals surface area contributed by atoms with Crippen molar-refractivity contribution in [2.75, 3.05) is 17.2 Å². The third kappa shape index (κ3) is 5.88. The Labute approximate surface area is 152 Å². The summed E-state index contributed by atoms with van der Waals surface area (Å²) in [6, 6.07) is 10.8. The Morgan fingerprint density at radius 3 is 2.38 bits per heavy atom. The summed E-state index contributed by atoms with van der Waals surface area (Å²) in [5, 5.41) is 5.06. The average Bonchev–Trinajstić information content (AvgIpc) is 2.57. The molecule has 0 spiro atoms. The molecule has 0 radical (unpaired) electrons. The SMILES string of the molecule is CC(=O)Nc1cc(NC(=O)c2ccc(OCCC(C)C)cc2)ccc1F. The summed E-state index contributed by atoms with van der Waals surface area (Å²) in [4.78, 5) is 23.4. The zero-order chi connectivity index (χ0) is 19.1. The Kier molecular flexibility index (Phi) is 6.72. The van der Waals surface area contributed by atoms with Crippen LogP contribution in [-0.4, -0.2) is 18.4 Å². The van der Waals surface area contributed by atoms with Gasteiger partial charge in [0.2, 0.25) is 5.91 Å². The van der Waals surface area contributed by atoms with E-state index in [0.29, 0.717) is 29.5 Å². The standard InChI is InChI=1S/C20H23FN2O3/c1-13(2)10-11-26-17-7-4-15(5-8-17)20(25)23-16-6-9-18(21)19(12-16)22-14(3)24/h4-9,12-13H,10-11H2,1-3H3,(H,22,24)(H,23,25). The largest absolute Gasteiger partial charge is 0.494 e. The highest BCUT2D eigenvalue weighted by Gasteiger charge is 2.10. The van der Waals surface area contributed by atoms with Gasteiger partial charge >= 0.3 is 0 Å². The minimum Gasteiger partial charge on any atom is -0.494 e. The maximum atomic E-state index is 13.6. The van der Waals surface area contributed by atoms with E-state index in [9.17, 15) is 14.0 Å². The number of carbonyl (C=O) groups excluding carboxylic acids is 2. The van der Waals surface area contributed by atoms with Crippen LogP contribution in [0.5, 0.6) is 5.75 Å². The van der Waals surface area contributed by atoms with E-state index < -0.39 is 5.82 Å². The molecule has 0 unspecified atom stereocenters. The number of amides is 2. The lowest BCUT2D eigenvalue weighted by atomic mass is 10.1. The van der Waals surface area contributed by atoms with Crippen molar-refractivity contribution in [3.63, 3.8) is 0 Å². The van der Waals surface area contributed by atoms with Crippen LogP contribution in [0.25, 0.3) is 0 Å². The second kappa shape index (κ2) is 8.99. The molecule has 0 aliphatic carbocycles. The third-order valence-corrected chi connectivity index (χ3v) is 3.62. The lowest BCUT2D eigenvalue weighted by Crippen LogP contribution is -2.13. The van der Waals surface area contributed by atoms with Crippen molar-refractivity contribution in [3.05, 3.63) is 53.8 Å². The molecule has 0 atom stereocenters. The first-order valence-electron chi connectivity index (χ1n) is 8.46. The van der Waals surface area contributed by atoms with Gasteiger partial charge in [0.25, 0.3) is 5.91 Å². The number of rotatable bonds is 7. The molecule has 0 saturated heterocycles. The molecule has 0 saturated carbocycles. The van der Waals surface area contributed by atoms with Crippen molar-refractivity contribution in [2.24, 2.45) is 5.92 Å². The molecule has 0 aromatic heterocycles. The highest BCUT2D eigenvalue weighted by molar-refractivity contribution is 6.04. The van der Waals surface area contributed by atoms with Crippen LogP contribution < -0.4 is 15.4 Å². The Bertz CT molecular complexity index is 773. The summed E-state index contributed by atoms with van der Waals surface area (Å²) >= 11 is 0. The minimum absolute atomic E-state index is 0.0178. The van der Waals surface area contributed by atoms with Gasteiger partial charge in [-0.25, -0.2) is 4.39 Å². The molecule has 0 bridgehead atoms. The number of hydrogen-bond acceptors (Lipinski definition) is 3. The van der Waals surface area contributed by atoms with E-state index in [1.165, 1.54) is 25.1 Å². The van der Waals surface area contributed by atoms with E-state index in [1.807, 2.05) is 0 Å². The van der Waals surface area contributed by atoms with Crippen LogP contribution in [0.2, 0.25) is 0 Å². The first-order chi connectivity index (χ1) is 12.3. The van der Waals surface area contributed by atoms with E-state index in [1.54, 1.807) is 24.3 Å². The quantitative estimate of drug-likeness (QED) is 0.768. The summed E-state index contributed by atoms with van der Waals surface area (Å²) in [6.45, 7) is 6.17. The summed E-state index contributed by atoms with van der Waals surface area (Å²) in [5.74, 6) is -0.0179. The van der Waals surface area contributed by atoms with Gasteiger partial charge in [-0.15, -0.1) is 0 Å². The number of halogens is 1. The van der Waals surface area contributed by atoms with Crippen LogP contribution in [-0.2, 0) is 4.79 Å². The summed E-state index contributed by atoms with van der Waals surface area (Å²) in [7, 11) is 0. The van der Waals surface area contributed by atoms with E-state index in [-0.39, 0.29) is 17.5 Å². The maximum absolute atomic E-state index is 13.6. The topological polar surface area (TPSA) is 67.4 Å². The number of hydrogen-bond donors (Lipinski definition) is 2. The Morgan fingerprint density at radius 1 is 1.08 bits per heavy atom. The summed E-state index contributed by atoms with van der Waals surface area (Å²) in [6.07, 6.45) is 0.962. The zero-order valence-electron chi connectivity index (χ0n) is 15.1. The van der Waals surface area contributed by atoms with Crippen molar-refractivity contribution in [1.29, 1.82) is 0 Å². The van der Waals surface area contributed by atoms with E-state index >= 15 is 0 Å². The van der Waals surface area contributed by atoms with Gasteiger partial charge in [-0.3, -0.25) is 9.59 Å². The number of benzene rings is 2. The third-order valence-electron chi connectivity index (χ3n) is 3.62. The van der Waals surface area contributed by atoms with Crippen LogP contribution >= 0.6 is 0 Å². The first-order valence-corrected chi connectivity index (χ1v) is 8.46. The smallest absolute Gasteiger partial charge is 0.255 e. The summed E-state index contributed by atoms with van der Waals surface area (Å²) < 4.78 is 19.3. The predicted octanol–water partition coefficient (Wildman–Crippen LogP) is 4.46. The highest BCUT2D eigenvalue weighted by Crippen LogP contribution is 2.21. The maximum Gasteiger partial charge on any atom is 0.255 e. The Balaban J connectivity index is 2.00. The normalized spacial score (nSPS) is 10.5. The number of carbonyl (C=O) groups is 2. The van der Waals surface area contributed by atoms with Gasteiger partial charge in [0.05, 0.1) is 12.3 Å². The molecule has 0 heterocycles. The van der Waals surface area contributed by atoms with Crippen LogP contribution in [0.15, 0.2) is 42.5 Å². The van der Waals surface area contributed by atoms with E-state index in [0.717, 1.165) is 6.42 Å². The fraction of sp³-hybridized carbons (Fsp3) is 0.300. The van der Waals surface area contributed by atoms with Gasteiger partial charge < -0.3 is 15.4 Å². The average molecular weight is 358 g/mol. The second-order valence-electron chi connectivity index (χ2n) is 6.39. The molecule has 2 rings (SSSR count). The van der Waals surface area contributed by atoms with E-state index in [4.69, 9.17) is 4.74 Å². The molecule has 5 nitrogen and oxygen atoms in total. The van der Waals surface area contributed by atoms with Gasteiger partial charge in [0.1, 0.15) is 11.6 Å². The zero-order valence-corrected chi connectivity index (χ0v) is 15.1. The molecule has 0 aliphatic heterocycles. The van der Waals surface area contributed by atoms with Crippen molar-refractivity contribution in [3.8, 4) is 5.75 Å². The lowest BCUT2D eigenvalue weighted by Gasteiger charge is -2.10. The predicted molar refractivity (Wildman–Crippen MR) is 100 cm³/mol. The molecule has 26 heavy (non-hydrogen) atoms. The van der Waals surface area contributed by atoms with Crippen LogP contribution in [0.3, 0.4) is 0 Å². The number of anilines is 2. The van der Waals surface area contributed by atoms with Crippen molar-refractivity contribution in [1.82, 2.24) is 0 Å². The molecule has 2 N–H and O–H groups in total. The summed E-state index contributed by atoms with van der Waals surface area (Å²) in [5.41, 5.74) is 0.855. The van der Waals surface area contributed by atoms with Crippen LogP contribution in [0, 0.1) is 11.7 Å². The van der Waals surface area contributed by atoms with Gasteiger partial charge in [-0.05, 0) is 54.8 Å². The molecule has 0 fully saturated rings. The number of ether oxygens (including phenoxy) is 1. The minimum atomic E-state index is -0.568. The molecule has 2 aromatic rings. The fourth-order valence-electron chi connectivity index (χ4n) is 2.21. The van der Waals surface area contributed by atoms with Crippen LogP contribution in [0.1, 0.15) is 37.6 Å². The van der Waals surface area contributed by atoms with Crippen molar-refractivity contribution >= 4 is 23.2 Å². The molecular formula is C20H23FN2O3. The Hall–Kier alpha value is -2.89. The second-order valence-corrected chi connectivity index (χ2v) is 6.39. The monoisotopic (exact) mass is 358 g/mol. The highest BCUT2D eigenvalue weighted by atomic mass is 19.1. The molecule has 2 aromatic carbocycles. The van der Waals surface area contributed by atoms with Gasteiger partial charge in [0.15, 0.2) is 0 Å². The lowest BCUT2D eigenvalue weighted by molar-refractivity contribution is -0.114. The van der Waals surface area contributed by atoms with Gasteiger partial charge in [-0.2, -0.15) is 0 Å². The van der Waals surface area contributed by atoms with Gasteiger partial charge in [0, 0.05) is 18.2 Å². The van der Waals surface area contributed by atoms with Crippen molar-refractivity contribution < 1.29 is 18.7 Å². The number of nitrogens with one attached hydrogen (secondary N) is 2. The van der Waals surface area contributed by atoms with Crippen molar-refractivity contribution in [2.45, 2.75) is 27.2 Å². The van der Waals surface area contributed by atoms with Gasteiger partial charge in [-0.1, -0.05) is 13.8 Å². The molecule has 2 amide bonds. The molecule has 6 heteroatoms. The molecule has 138 valence electrons. The Morgan fingerprint density at radius 2 is 1.77 bits per heavy atom. The van der Waals surface area contributed by atoms with Crippen LogP contribution in [0.4, 0.5) is 15.8 Å². The molecule has 0 aliphatic rings.